The van der Waals surface area contributed by atoms with E-state index in [1.165, 1.54) is 0 Å². The maximum absolute atomic E-state index is 5.69. The van der Waals surface area contributed by atoms with Crippen LogP contribution in [-0.2, 0) is 4.74 Å². The molecule has 1 aromatic carbocycles. The summed E-state index contributed by atoms with van der Waals surface area (Å²) in [6.45, 7) is 2.33. The molecule has 8 heteroatoms. The number of aromatic nitrogens is 2. The second-order valence-electron chi connectivity index (χ2n) is 5.04. The van der Waals surface area contributed by atoms with Crippen molar-refractivity contribution in [3.05, 3.63) is 28.7 Å². The van der Waals surface area contributed by atoms with Crippen LogP contribution in [0, 0.1) is 0 Å². The van der Waals surface area contributed by atoms with Crippen LogP contribution in [0.1, 0.15) is 12.8 Å². The van der Waals surface area contributed by atoms with Crippen molar-refractivity contribution < 1.29 is 9.47 Å². The Hall–Kier alpha value is -0.830. The fraction of sp³-hybridized carbons (Fsp3) is 0.467. The van der Waals surface area contributed by atoms with Crippen molar-refractivity contribution in [3.8, 4) is 5.75 Å². The predicted octanol–water partition coefficient (Wildman–Crippen LogP) is 4.06. The first-order chi connectivity index (χ1) is 11.3. The summed E-state index contributed by atoms with van der Waals surface area (Å²) in [6.07, 6.45) is 2.59. The highest BCUT2D eigenvalue weighted by Crippen LogP contribution is 2.26. The van der Waals surface area contributed by atoms with Crippen molar-refractivity contribution in [2.45, 2.75) is 23.3 Å². The lowest BCUT2D eigenvalue weighted by molar-refractivity contribution is 0.120. The van der Waals surface area contributed by atoms with Gasteiger partial charge in [0.1, 0.15) is 5.75 Å². The number of benzene rings is 1. The van der Waals surface area contributed by atoms with E-state index in [1.807, 2.05) is 24.3 Å². The predicted molar refractivity (Wildman–Crippen MR) is 97.7 cm³/mol. The molecule has 2 heterocycles. The first-order valence-electron chi connectivity index (χ1n) is 7.50. The van der Waals surface area contributed by atoms with E-state index in [0.717, 1.165) is 51.4 Å². The SMILES string of the molecule is Brc1ccc(OCCSc2nnc(NC[C@H]3CCCO3)s2)cc1. The third kappa shape index (κ3) is 5.63. The Morgan fingerprint density at radius 1 is 1.35 bits per heavy atom. The van der Waals surface area contributed by atoms with Gasteiger partial charge in [0.15, 0.2) is 4.34 Å². The van der Waals surface area contributed by atoms with E-state index in [1.54, 1.807) is 23.1 Å². The van der Waals surface area contributed by atoms with Crippen molar-refractivity contribution in [3.63, 3.8) is 0 Å². The van der Waals surface area contributed by atoms with Crippen LogP contribution >= 0.6 is 39.0 Å². The van der Waals surface area contributed by atoms with E-state index in [9.17, 15) is 0 Å². The summed E-state index contributed by atoms with van der Waals surface area (Å²) in [5, 5.41) is 12.5. The second-order valence-corrected chi connectivity index (χ2v) is 8.28. The average molecular weight is 416 g/mol. The largest absolute Gasteiger partial charge is 0.493 e. The van der Waals surface area contributed by atoms with Crippen molar-refractivity contribution in [1.82, 2.24) is 10.2 Å². The van der Waals surface area contributed by atoms with Crippen molar-refractivity contribution in [1.29, 1.82) is 0 Å². The number of hydrogen-bond acceptors (Lipinski definition) is 7. The Morgan fingerprint density at radius 2 is 2.22 bits per heavy atom. The number of halogens is 1. The first kappa shape index (κ1) is 17.0. The number of hydrogen-bond donors (Lipinski definition) is 1. The van der Waals surface area contributed by atoms with E-state index in [2.05, 4.69) is 31.4 Å². The second kappa shape index (κ2) is 8.86. The zero-order valence-electron chi connectivity index (χ0n) is 12.5. The van der Waals surface area contributed by atoms with Crippen molar-refractivity contribution in [2.24, 2.45) is 0 Å². The third-order valence-electron chi connectivity index (χ3n) is 3.30. The fourth-order valence-electron chi connectivity index (χ4n) is 2.17. The maximum atomic E-state index is 5.69. The maximum Gasteiger partial charge on any atom is 0.206 e. The number of nitrogens with zero attached hydrogens (tertiary/aromatic N) is 2. The minimum Gasteiger partial charge on any atom is -0.493 e. The quantitative estimate of drug-likeness (QED) is 0.517. The van der Waals surface area contributed by atoms with Gasteiger partial charge in [0.05, 0.1) is 12.7 Å². The van der Waals surface area contributed by atoms with Crippen LogP contribution < -0.4 is 10.1 Å². The molecule has 124 valence electrons. The molecule has 5 nitrogen and oxygen atoms in total. The van der Waals surface area contributed by atoms with Crippen molar-refractivity contribution in [2.75, 3.05) is 30.8 Å². The lowest BCUT2D eigenvalue weighted by Gasteiger charge is -2.08. The molecule has 1 saturated heterocycles. The number of nitrogens with one attached hydrogen (secondary N) is 1. The zero-order chi connectivity index (χ0) is 15.9. The highest BCUT2D eigenvalue weighted by molar-refractivity contribution is 9.10. The molecule has 1 N–H and O–H groups in total. The van der Waals surface area contributed by atoms with Crippen LogP contribution in [0.3, 0.4) is 0 Å². The number of ether oxygens (including phenoxy) is 2. The molecule has 0 spiro atoms. The fourth-order valence-corrected chi connectivity index (χ4v) is 4.08. The van der Waals surface area contributed by atoms with Crippen LogP contribution in [0.2, 0.25) is 0 Å². The molecule has 1 aromatic heterocycles. The van der Waals surface area contributed by atoms with Gasteiger partial charge in [0, 0.05) is 23.4 Å². The Bertz CT molecular complexity index is 603. The van der Waals surface area contributed by atoms with Gasteiger partial charge in [-0.2, -0.15) is 0 Å². The average Bonchev–Trinajstić information content (AvgIpc) is 3.23. The summed E-state index contributed by atoms with van der Waals surface area (Å²) in [6, 6.07) is 7.85. The zero-order valence-corrected chi connectivity index (χ0v) is 15.8. The highest BCUT2D eigenvalue weighted by atomic mass is 79.9. The summed E-state index contributed by atoms with van der Waals surface area (Å²) in [7, 11) is 0. The van der Waals surface area contributed by atoms with E-state index in [-0.39, 0.29) is 0 Å². The topological polar surface area (TPSA) is 56.3 Å². The molecule has 0 saturated carbocycles. The van der Waals surface area contributed by atoms with Gasteiger partial charge >= 0.3 is 0 Å². The van der Waals surface area contributed by atoms with E-state index >= 15 is 0 Å². The van der Waals surface area contributed by atoms with Crippen LogP contribution in [0.4, 0.5) is 5.13 Å². The molecular weight excluding hydrogens is 398 g/mol. The van der Waals surface area contributed by atoms with Gasteiger partial charge in [0.25, 0.3) is 0 Å². The lowest BCUT2D eigenvalue weighted by Crippen LogP contribution is -2.18. The molecule has 1 atom stereocenters. The summed E-state index contributed by atoms with van der Waals surface area (Å²) < 4.78 is 13.3. The molecule has 0 radical (unpaired) electrons. The molecule has 0 unspecified atom stereocenters. The summed E-state index contributed by atoms with van der Waals surface area (Å²) in [5.41, 5.74) is 0. The highest BCUT2D eigenvalue weighted by Gasteiger charge is 2.15. The standard InChI is InChI=1S/C15H18BrN3O2S2/c16-11-3-5-12(6-4-11)21-8-9-22-15-19-18-14(23-15)17-10-13-2-1-7-20-13/h3-6,13H,1-2,7-10H2,(H,17,18)/t13-/m1/s1. The van der Waals surface area contributed by atoms with E-state index < -0.39 is 0 Å². The van der Waals surface area contributed by atoms with Gasteiger partial charge in [-0.3, -0.25) is 0 Å². The lowest BCUT2D eigenvalue weighted by atomic mass is 10.2. The Balaban J connectivity index is 1.34. The smallest absolute Gasteiger partial charge is 0.206 e. The van der Waals surface area contributed by atoms with Crippen LogP contribution in [0.25, 0.3) is 0 Å². The number of thioether (sulfide) groups is 1. The van der Waals surface area contributed by atoms with Gasteiger partial charge in [-0.15, -0.1) is 10.2 Å². The van der Waals surface area contributed by atoms with Crippen molar-refractivity contribution >= 4 is 44.2 Å². The monoisotopic (exact) mass is 415 g/mol. The molecule has 1 aliphatic rings. The minimum atomic E-state index is 0.314. The summed E-state index contributed by atoms with van der Waals surface area (Å²) in [5.74, 6) is 1.72. The van der Waals surface area contributed by atoms with Gasteiger partial charge in [-0.1, -0.05) is 39.0 Å². The Morgan fingerprint density at radius 3 is 3.00 bits per heavy atom. The Kier molecular flexibility index (Phi) is 6.56. The molecule has 0 bridgehead atoms. The summed E-state index contributed by atoms with van der Waals surface area (Å²) in [4.78, 5) is 0. The number of anilines is 1. The van der Waals surface area contributed by atoms with Crippen LogP contribution in [0.5, 0.6) is 5.75 Å². The molecule has 1 aliphatic heterocycles. The van der Waals surface area contributed by atoms with Gasteiger partial charge in [0.2, 0.25) is 5.13 Å². The van der Waals surface area contributed by atoms with Gasteiger partial charge < -0.3 is 14.8 Å². The third-order valence-corrected chi connectivity index (χ3v) is 5.81. The Labute approximate surface area is 152 Å². The number of rotatable bonds is 8. The minimum absolute atomic E-state index is 0.314. The molecular formula is C15H18BrN3O2S2. The molecule has 0 amide bonds. The van der Waals surface area contributed by atoms with Gasteiger partial charge in [-0.25, -0.2) is 0 Å². The molecule has 2 aromatic rings. The molecule has 1 fully saturated rings. The van der Waals surface area contributed by atoms with E-state index in [4.69, 9.17) is 9.47 Å². The first-order valence-corrected chi connectivity index (χ1v) is 10.1. The molecule has 0 aliphatic carbocycles. The van der Waals surface area contributed by atoms with Gasteiger partial charge in [-0.05, 0) is 37.1 Å². The normalized spacial score (nSPS) is 17.3. The van der Waals surface area contributed by atoms with E-state index in [0.29, 0.717) is 12.7 Å². The molecule has 3 rings (SSSR count). The van der Waals surface area contributed by atoms with Crippen LogP contribution in [0.15, 0.2) is 33.1 Å². The summed E-state index contributed by atoms with van der Waals surface area (Å²) >= 11 is 6.64. The molecule has 23 heavy (non-hydrogen) atoms. The van der Waals surface area contributed by atoms with Crippen LogP contribution in [-0.4, -0.2) is 41.8 Å².